The van der Waals surface area contributed by atoms with E-state index in [1.807, 2.05) is 0 Å². The number of nitrogens with zero attached hydrogens (tertiary/aromatic N) is 1. The number of rotatable bonds is 7. The van der Waals surface area contributed by atoms with Crippen LogP contribution in [-0.2, 0) is 32.2 Å². The Kier molecular flexibility index (Phi) is 6.72. The number of nitrogens with one attached hydrogen (secondary N) is 2. The molecule has 0 aliphatic carbocycles. The van der Waals surface area contributed by atoms with Crippen LogP contribution in [0.2, 0.25) is 0 Å². The Morgan fingerprint density at radius 3 is 2.34 bits per heavy atom. The van der Waals surface area contributed by atoms with Crippen LogP contribution in [0.25, 0.3) is 0 Å². The van der Waals surface area contributed by atoms with E-state index in [-0.39, 0.29) is 22.9 Å². The second-order valence-corrected chi connectivity index (χ2v) is 12.1. The lowest BCUT2D eigenvalue weighted by molar-refractivity contribution is 0.0946. The Hall–Kier alpha value is -1.82. The quantitative estimate of drug-likeness (QED) is 0.646. The molecule has 2 heterocycles. The third-order valence-electron chi connectivity index (χ3n) is 4.41. The molecule has 1 aromatic carbocycles. The first-order chi connectivity index (χ1) is 13.6. The van der Waals surface area contributed by atoms with E-state index in [1.165, 1.54) is 22.8 Å². The molecule has 1 aliphatic heterocycles. The second-order valence-electron chi connectivity index (χ2n) is 6.83. The fourth-order valence-electron chi connectivity index (χ4n) is 2.92. The van der Waals surface area contributed by atoms with E-state index in [0.29, 0.717) is 18.7 Å². The molecule has 0 unspecified atom stereocenters. The van der Waals surface area contributed by atoms with E-state index in [2.05, 4.69) is 10.3 Å². The van der Waals surface area contributed by atoms with Gasteiger partial charge in [0.15, 0.2) is 9.84 Å². The van der Waals surface area contributed by atoms with E-state index in [1.54, 1.807) is 36.0 Å². The number of aromatic nitrogens is 1. The van der Waals surface area contributed by atoms with Crippen molar-refractivity contribution in [1.82, 2.24) is 14.6 Å². The zero-order valence-electron chi connectivity index (χ0n) is 15.9. The fourth-order valence-corrected chi connectivity index (χ4v) is 6.29. The average molecular weight is 458 g/mol. The maximum absolute atomic E-state index is 12.7. The summed E-state index contributed by atoms with van der Waals surface area (Å²) in [6.45, 7) is 1.17. The molecular formula is C18H23N3O5S3. The summed E-state index contributed by atoms with van der Waals surface area (Å²) in [6, 6.07) is 8.26. The summed E-state index contributed by atoms with van der Waals surface area (Å²) in [5, 5.41) is 2.73. The molecule has 1 fully saturated rings. The Morgan fingerprint density at radius 1 is 1.10 bits per heavy atom. The van der Waals surface area contributed by atoms with Crippen LogP contribution in [0.3, 0.4) is 0 Å². The van der Waals surface area contributed by atoms with Crippen LogP contribution in [0.15, 0.2) is 41.4 Å². The second kappa shape index (κ2) is 8.90. The van der Waals surface area contributed by atoms with Gasteiger partial charge in [0.05, 0.1) is 5.75 Å². The third-order valence-corrected chi connectivity index (χ3v) is 8.09. The number of carbonyl (C=O) groups is 1. The van der Waals surface area contributed by atoms with Crippen molar-refractivity contribution in [3.05, 3.63) is 53.3 Å². The van der Waals surface area contributed by atoms with Crippen molar-refractivity contribution < 1.29 is 21.6 Å². The standard InChI is InChI=1S/C18H23N3O5S3/c1-28(23,24)13-15-4-2-14(3-5-15)11-20-18(22)17-10-16(12-19-17)29(25,26)21-6-8-27-9-7-21/h2-5,10,12,19H,6-9,11,13H2,1H3,(H,20,22). The summed E-state index contributed by atoms with van der Waals surface area (Å²) in [5.41, 5.74) is 1.65. The molecule has 1 amide bonds. The van der Waals surface area contributed by atoms with Crippen molar-refractivity contribution >= 4 is 37.5 Å². The van der Waals surface area contributed by atoms with Crippen molar-refractivity contribution in [3.63, 3.8) is 0 Å². The number of thioether (sulfide) groups is 1. The highest BCUT2D eigenvalue weighted by Gasteiger charge is 2.27. The number of carbonyl (C=O) groups excluding carboxylic acids is 1. The van der Waals surface area contributed by atoms with Gasteiger partial charge in [-0.25, -0.2) is 16.8 Å². The smallest absolute Gasteiger partial charge is 0.268 e. The van der Waals surface area contributed by atoms with Crippen molar-refractivity contribution in [2.45, 2.75) is 17.2 Å². The average Bonchev–Trinajstić information content (AvgIpc) is 3.18. The topological polar surface area (TPSA) is 116 Å². The highest BCUT2D eigenvalue weighted by Crippen LogP contribution is 2.21. The van der Waals surface area contributed by atoms with E-state index in [4.69, 9.17) is 0 Å². The Morgan fingerprint density at radius 2 is 1.72 bits per heavy atom. The van der Waals surface area contributed by atoms with E-state index < -0.39 is 25.8 Å². The van der Waals surface area contributed by atoms with Crippen LogP contribution in [-0.4, -0.2) is 62.9 Å². The van der Waals surface area contributed by atoms with Gasteiger partial charge in [0.2, 0.25) is 10.0 Å². The molecule has 1 aliphatic rings. The lowest BCUT2D eigenvalue weighted by Crippen LogP contribution is -2.37. The van der Waals surface area contributed by atoms with Gasteiger partial charge >= 0.3 is 0 Å². The summed E-state index contributed by atoms with van der Waals surface area (Å²) in [5.74, 6) is 1.08. The number of sulfonamides is 1. The van der Waals surface area contributed by atoms with Crippen molar-refractivity contribution in [2.75, 3.05) is 30.9 Å². The molecule has 0 saturated carbocycles. The maximum Gasteiger partial charge on any atom is 0.268 e. The van der Waals surface area contributed by atoms with Crippen LogP contribution in [0.4, 0.5) is 0 Å². The molecule has 11 heteroatoms. The predicted molar refractivity (Wildman–Crippen MR) is 113 cm³/mol. The molecule has 2 N–H and O–H groups in total. The van der Waals surface area contributed by atoms with Gasteiger partial charge in [-0.05, 0) is 17.2 Å². The van der Waals surface area contributed by atoms with Gasteiger partial charge in [0, 0.05) is 43.6 Å². The monoisotopic (exact) mass is 457 g/mol. The van der Waals surface area contributed by atoms with Gasteiger partial charge in [-0.1, -0.05) is 24.3 Å². The van der Waals surface area contributed by atoms with Crippen LogP contribution in [0.1, 0.15) is 21.6 Å². The minimum absolute atomic E-state index is 0.0327. The normalized spacial score (nSPS) is 15.9. The minimum atomic E-state index is -3.60. The maximum atomic E-state index is 12.7. The highest BCUT2D eigenvalue weighted by molar-refractivity contribution is 7.99. The Bertz CT molecular complexity index is 1070. The van der Waals surface area contributed by atoms with Gasteiger partial charge in [0.25, 0.3) is 5.91 Å². The van der Waals surface area contributed by atoms with Crippen molar-refractivity contribution in [3.8, 4) is 0 Å². The van der Waals surface area contributed by atoms with Crippen molar-refractivity contribution in [2.24, 2.45) is 0 Å². The Labute approximate surface area is 175 Å². The molecule has 1 saturated heterocycles. The molecule has 29 heavy (non-hydrogen) atoms. The van der Waals surface area contributed by atoms with Gasteiger partial charge < -0.3 is 10.3 Å². The summed E-state index contributed by atoms with van der Waals surface area (Å²) in [7, 11) is -6.70. The molecule has 0 radical (unpaired) electrons. The number of amides is 1. The molecule has 0 spiro atoms. The molecule has 0 bridgehead atoms. The number of benzene rings is 1. The first kappa shape index (κ1) is 21.9. The number of aromatic amines is 1. The molecule has 3 rings (SSSR count). The first-order valence-corrected chi connectivity index (χ1v) is 13.6. The van der Waals surface area contributed by atoms with Crippen LogP contribution in [0.5, 0.6) is 0 Å². The number of sulfone groups is 1. The highest BCUT2D eigenvalue weighted by atomic mass is 32.2. The molecule has 0 atom stereocenters. The third kappa shape index (κ3) is 5.84. The molecule has 2 aromatic rings. The molecule has 158 valence electrons. The lowest BCUT2D eigenvalue weighted by atomic mass is 10.1. The van der Waals surface area contributed by atoms with Crippen LogP contribution >= 0.6 is 11.8 Å². The molecule has 8 nitrogen and oxygen atoms in total. The summed E-state index contributed by atoms with van der Waals surface area (Å²) in [6.07, 6.45) is 2.52. The zero-order chi connectivity index (χ0) is 21.1. The minimum Gasteiger partial charge on any atom is -0.356 e. The SMILES string of the molecule is CS(=O)(=O)Cc1ccc(CNC(=O)c2cc(S(=O)(=O)N3CCSCC3)c[nH]2)cc1. The van der Waals surface area contributed by atoms with Gasteiger partial charge in [-0.2, -0.15) is 16.1 Å². The summed E-state index contributed by atoms with van der Waals surface area (Å²) in [4.78, 5) is 15.2. The van der Waals surface area contributed by atoms with E-state index in [9.17, 15) is 21.6 Å². The summed E-state index contributed by atoms with van der Waals surface area (Å²) >= 11 is 1.72. The van der Waals surface area contributed by atoms with Gasteiger partial charge in [0.1, 0.15) is 10.6 Å². The molecular weight excluding hydrogens is 434 g/mol. The predicted octanol–water partition coefficient (Wildman–Crippen LogP) is 1.23. The number of hydrogen-bond donors (Lipinski definition) is 2. The first-order valence-electron chi connectivity index (χ1n) is 8.95. The van der Waals surface area contributed by atoms with Crippen molar-refractivity contribution in [1.29, 1.82) is 0 Å². The van der Waals surface area contributed by atoms with E-state index in [0.717, 1.165) is 17.1 Å². The fraction of sp³-hybridized carbons (Fsp3) is 0.389. The van der Waals surface area contributed by atoms with Crippen LogP contribution < -0.4 is 5.32 Å². The number of hydrogen-bond acceptors (Lipinski definition) is 6. The van der Waals surface area contributed by atoms with E-state index >= 15 is 0 Å². The lowest BCUT2D eigenvalue weighted by Gasteiger charge is -2.24. The summed E-state index contributed by atoms with van der Waals surface area (Å²) < 4.78 is 49.4. The Balaban J connectivity index is 1.60. The largest absolute Gasteiger partial charge is 0.356 e. The number of H-pyrrole nitrogens is 1. The molecule has 1 aromatic heterocycles. The van der Waals surface area contributed by atoms with Gasteiger partial charge in [-0.3, -0.25) is 4.79 Å². The van der Waals surface area contributed by atoms with Gasteiger partial charge in [-0.15, -0.1) is 0 Å². The zero-order valence-corrected chi connectivity index (χ0v) is 18.4. The van der Waals surface area contributed by atoms with Crippen LogP contribution in [0, 0.1) is 0 Å².